The van der Waals surface area contributed by atoms with Crippen molar-refractivity contribution in [2.75, 3.05) is 6.61 Å². The molecule has 2 atom stereocenters. The van der Waals surface area contributed by atoms with Crippen LogP contribution >= 0.6 is 0 Å². The predicted molar refractivity (Wildman–Crippen MR) is 89.2 cm³/mol. The average molecular weight is 328 g/mol. The molecule has 126 valence electrons. The van der Waals surface area contributed by atoms with E-state index < -0.39 is 6.10 Å². The third-order valence-electron chi connectivity index (χ3n) is 4.58. The number of aliphatic hydroxyl groups is 1. The molecule has 0 aromatic heterocycles. The largest absolute Gasteiger partial charge is 0.457 e. The molecular weight excluding hydrogens is 307 g/mol. The van der Waals surface area contributed by atoms with Crippen LogP contribution in [0.4, 0.5) is 4.39 Å². The maximum Gasteiger partial charge on any atom is 0.303 e. The lowest BCUT2D eigenvalue weighted by Gasteiger charge is -2.27. The van der Waals surface area contributed by atoms with Crippen molar-refractivity contribution in [3.8, 4) is 0 Å². The molecule has 24 heavy (non-hydrogen) atoms. The van der Waals surface area contributed by atoms with Gasteiger partial charge in [0.15, 0.2) is 0 Å². The Morgan fingerprint density at radius 2 is 1.96 bits per heavy atom. The van der Waals surface area contributed by atoms with E-state index in [1.807, 2.05) is 18.2 Å². The Kier molecular flexibility index (Phi) is 4.95. The van der Waals surface area contributed by atoms with Crippen LogP contribution in [-0.4, -0.2) is 17.7 Å². The fourth-order valence-corrected chi connectivity index (χ4v) is 3.58. The van der Waals surface area contributed by atoms with Gasteiger partial charge in [-0.25, -0.2) is 4.39 Å². The normalized spacial score (nSPS) is 19.1. The van der Waals surface area contributed by atoms with Crippen molar-refractivity contribution < 1.29 is 19.0 Å². The summed E-state index contributed by atoms with van der Waals surface area (Å²) in [6, 6.07) is 12.7. The maximum absolute atomic E-state index is 13.9. The van der Waals surface area contributed by atoms with Gasteiger partial charge in [-0.05, 0) is 53.6 Å². The zero-order chi connectivity index (χ0) is 17.1. The summed E-state index contributed by atoms with van der Waals surface area (Å²) < 4.78 is 19.5. The zero-order valence-electron chi connectivity index (χ0n) is 13.7. The maximum atomic E-state index is 13.9. The molecule has 0 aliphatic heterocycles. The number of halogens is 1. The van der Waals surface area contributed by atoms with Crippen molar-refractivity contribution in [3.63, 3.8) is 0 Å². The third-order valence-corrected chi connectivity index (χ3v) is 4.58. The highest BCUT2D eigenvalue weighted by molar-refractivity contribution is 5.66. The van der Waals surface area contributed by atoms with Crippen molar-refractivity contribution in [1.29, 1.82) is 0 Å². The Labute approximate surface area is 141 Å². The average Bonchev–Trinajstić information content (AvgIpc) is 2.68. The molecule has 3 rings (SSSR count). The number of hydrogen-bond donors (Lipinski definition) is 1. The van der Waals surface area contributed by atoms with Gasteiger partial charge in [-0.1, -0.05) is 30.3 Å². The monoisotopic (exact) mass is 328 g/mol. The van der Waals surface area contributed by atoms with E-state index in [0.717, 1.165) is 22.3 Å². The van der Waals surface area contributed by atoms with Crippen molar-refractivity contribution in [3.05, 3.63) is 70.5 Å². The Morgan fingerprint density at radius 1 is 1.21 bits per heavy atom. The summed E-state index contributed by atoms with van der Waals surface area (Å²) in [7, 11) is 0. The molecule has 1 aliphatic rings. The van der Waals surface area contributed by atoms with Crippen LogP contribution < -0.4 is 0 Å². The van der Waals surface area contributed by atoms with E-state index in [2.05, 4.69) is 6.07 Å². The minimum Gasteiger partial charge on any atom is -0.457 e. The Hall–Kier alpha value is -2.20. The van der Waals surface area contributed by atoms with Crippen molar-refractivity contribution in [1.82, 2.24) is 0 Å². The van der Waals surface area contributed by atoms with Gasteiger partial charge in [-0.2, -0.15) is 0 Å². The lowest BCUT2D eigenvalue weighted by atomic mass is 9.85. The van der Waals surface area contributed by atoms with Crippen LogP contribution in [0.1, 0.15) is 54.0 Å². The van der Waals surface area contributed by atoms with E-state index in [-0.39, 0.29) is 24.3 Å². The molecule has 0 radical (unpaired) electrons. The van der Waals surface area contributed by atoms with Crippen LogP contribution in [0.15, 0.2) is 42.5 Å². The number of fused-ring (bicyclic) bond motifs is 2. The summed E-state index contributed by atoms with van der Waals surface area (Å²) in [4.78, 5) is 11.7. The van der Waals surface area contributed by atoms with Gasteiger partial charge in [0.25, 0.3) is 0 Å². The van der Waals surface area contributed by atoms with Gasteiger partial charge in [0.1, 0.15) is 11.9 Å². The molecular formula is C20H21FO3. The van der Waals surface area contributed by atoms with E-state index in [1.54, 1.807) is 6.07 Å². The van der Waals surface area contributed by atoms with E-state index in [4.69, 9.17) is 4.74 Å². The summed E-state index contributed by atoms with van der Waals surface area (Å²) >= 11 is 0. The van der Waals surface area contributed by atoms with E-state index >= 15 is 0 Å². The van der Waals surface area contributed by atoms with Crippen LogP contribution in [0.5, 0.6) is 0 Å². The minimum atomic E-state index is -0.539. The second kappa shape index (κ2) is 7.14. The van der Waals surface area contributed by atoms with Crippen LogP contribution in [0.3, 0.4) is 0 Å². The number of aliphatic hydroxyl groups excluding tert-OH is 1. The number of carbonyl (C=O) groups is 1. The van der Waals surface area contributed by atoms with E-state index in [9.17, 15) is 14.3 Å². The summed E-state index contributed by atoms with van der Waals surface area (Å²) in [5.41, 5.74) is 3.96. The highest BCUT2D eigenvalue weighted by Crippen LogP contribution is 2.44. The molecule has 1 N–H and O–H groups in total. The molecule has 2 aromatic rings. The molecule has 4 heteroatoms. The SMILES string of the molecule is CC(=O)OC1c2cc(F)ccc2Cc2ccccc2[C@H]1CCCO. The molecule has 0 bridgehead atoms. The first kappa shape index (κ1) is 16.7. The topological polar surface area (TPSA) is 46.5 Å². The molecule has 0 saturated heterocycles. The molecule has 0 amide bonds. The number of esters is 1. The van der Waals surface area contributed by atoms with E-state index in [1.165, 1.54) is 19.1 Å². The molecule has 0 saturated carbocycles. The van der Waals surface area contributed by atoms with Crippen LogP contribution in [0.25, 0.3) is 0 Å². The van der Waals surface area contributed by atoms with Crippen LogP contribution in [-0.2, 0) is 16.0 Å². The summed E-state index contributed by atoms with van der Waals surface area (Å²) in [6.45, 7) is 1.44. The minimum absolute atomic E-state index is 0.0709. The van der Waals surface area contributed by atoms with Crippen LogP contribution in [0, 0.1) is 5.82 Å². The third kappa shape index (κ3) is 3.34. The summed E-state index contributed by atoms with van der Waals surface area (Å²) in [6.07, 6.45) is 1.41. The first-order valence-corrected chi connectivity index (χ1v) is 8.24. The van der Waals surface area contributed by atoms with Gasteiger partial charge < -0.3 is 9.84 Å². The second-order valence-corrected chi connectivity index (χ2v) is 6.22. The van der Waals surface area contributed by atoms with E-state index in [0.29, 0.717) is 19.3 Å². The Bertz CT molecular complexity index is 741. The fourth-order valence-electron chi connectivity index (χ4n) is 3.58. The molecule has 2 aromatic carbocycles. The lowest BCUT2D eigenvalue weighted by Crippen LogP contribution is -2.18. The first-order chi connectivity index (χ1) is 11.6. The highest BCUT2D eigenvalue weighted by atomic mass is 19.1. The number of rotatable bonds is 4. The van der Waals surface area contributed by atoms with Gasteiger partial charge in [-0.15, -0.1) is 0 Å². The molecule has 0 spiro atoms. The second-order valence-electron chi connectivity index (χ2n) is 6.22. The molecule has 1 unspecified atom stereocenters. The fraction of sp³-hybridized carbons (Fsp3) is 0.350. The van der Waals surface area contributed by atoms with Gasteiger partial charge >= 0.3 is 5.97 Å². The predicted octanol–water partition coefficient (Wildman–Crippen LogP) is 3.89. The van der Waals surface area contributed by atoms with Crippen LogP contribution in [0.2, 0.25) is 0 Å². The smallest absolute Gasteiger partial charge is 0.303 e. The van der Waals surface area contributed by atoms with Gasteiger partial charge in [0.2, 0.25) is 0 Å². The number of ether oxygens (including phenoxy) is 1. The molecule has 0 fully saturated rings. The number of carbonyl (C=O) groups excluding carboxylic acids is 1. The summed E-state index contributed by atoms with van der Waals surface area (Å²) in [5, 5.41) is 9.25. The molecule has 0 heterocycles. The number of benzene rings is 2. The zero-order valence-corrected chi connectivity index (χ0v) is 13.7. The molecule has 1 aliphatic carbocycles. The Morgan fingerprint density at radius 3 is 2.71 bits per heavy atom. The van der Waals surface area contributed by atoms with Crippen molar-refractivity contribution >= 4 is 5.97 Å². The molecule has 3 nitrogen and oxygen atoms in total. The highest BCUT2D eigenvalue weighted by Gasteiger charge is 2.33. The van der Waals surface area contributed by atoms with Gasteiger partial charge in [-0.3, -0.25) is 4.79 Å². The van der Waals surface area contributed by atoms with Gasteiger partial charge in [0.05, 0.1) is 0 Å². The standard InChI is InChI=1S/C20H21FO3/c1-13(23)24-20-18(7-4-10-22)17-6-3-2-5-14(17)11-15-8-9-16(21)12-19(15)20/h2-3,5-6,8-9,12,18,20,22H,4,7,10-11H2,1H3/t18-,20?/m1/s1. The first-order valence-electron chi connectivity index (χ1n) is 8.24. The summed E-state index contributed by atoms with van der Waals surface area (Å²) in [5.74, 6) is -0.818. The van der Waals surface area contributed by atoms with Crippen molar-refractivity contribution in [2.45, 2.75) is 38.2 Å². The van der Waals surface area contributed by atoms with Gasteiger partial charge in [0, 0.05) is 19.4 Å². The lowest BCUT2D eigenvalue weighted by molar-refractivity contribution is -0.148. The number of hydrogen-bond acceptors (Lipinski definition) is 3. The Balaban J connectivity index is 2.16. The quantitative estimate of drug-likeness (QED) is 0.866. The van der Waals surface area contributed by atoms with Crippen molar-refractivity contribution in [2.24, 2.45) is 0 Å².